The molecule has 31 heavy (non-hydrogen) atoms. The minimum Gasteiger partial charge on any atom is -0.345 e. The summed E-state index contributed by atoms with van der Waals surface area (Å²) in [4.78, 5) is 29.9. The Kier molecular flexibility index (Phi) is 5.21. The summed E-state index contributed by atoms with van der Waals surface area (Å²) in [6, 6.07) is 5.99. The van der Waals surface area contributed by atoms with Crippen molar-refractivity contribution in [2.75, 3.05) is 26.2 Å². The van der Waals surface area contributed by atoms with E-state index in [2.05, 4.69) is 27.3 Å². The van der Waals surface area contributed by atoms with Crippen molar-refractivity contribution in [3.05, 3.63) is 47.3 Å². The largest absolute Gasteiger partial charge is 0.345 e. The molecule has 1 aliphatic carbocycles. The predicted molar refractivity (Wildman–Crippen MR) is 110 cm³/mol. The summed E-state index contributed by atoms with van der Waals surface area (Å²) in [5.74, 6) is 1.49. The molecule has 9 heteroatoms. The van der Waals surface area contributed by atoms with Crippen LogP contribution >= 0.6 is 0 Å². The molecule has 8 nitrogen and oxygen atoms in total. The number of hydrogen-bond donors (Lipinski definition) is 1. The Morgan fingerprint density at radius 2 is 1.84 bits per heavy atom. The molecule has 164 valence electrons. The zero-order valence-electron chi connectivity index (χ0n) is 17.6. The number of amides is 2. The van der Waals surface area contributed by atoms with Gasteiger partial charge in [0.2, 0.25) is 11.7 Å². The van der Waals surface area contributed by atoms with Crippen LogP contribution in [-0.2, 0) is 17.9 Å². The van der Waals surface area contributed by atoms with Crippen molar-refractivity contribution in [1.29, 1.82) is 0 Å². The highest BCUT2D eigenvalue weighted by molar-refractivity contribution is 5.90. The fourth-order valence-electron chi connectivity index (χ4n) is 4.94. The Bertz CT molecular complexity index is 984. The van der Waals surface area contributed by atoms with Gasteiger partial charge in [0, 0.05) is 45.2 Å². The molecule has 2 fully saturated rings. The van der Waals surface area contributed by atoms with E-state index in [1.165, 1.54) is 12.1 Å². The van der Waals surface area contributed by atoms with Crippen LogP contribution in [0.3, 0.4) is 0 Å². The second-order valence-corrected chi connectivity index (χ2v) is 8.95. The number of halogens is 1. The summed E-state index contributed by atoms with van der Waals surface area (Å²) in [5, 5.41) is 11.3. The van der Waals surface area contributed by atoms with Crippen molar-refractivity contribution in [3.8, 4) is 0 Å². The first kappa shape index (κ1) is 20.1. The normalized spacial score (nSPS) is 25.4. The molecule has 2 amide bonds. The number of nitrogens with zero attached hydrogens (tertiary/aromatic N) is 5. The first-order valence-corrected chi connectivity index (χ1v) is 11.0. The maximum absolute atomic E-state index is 13.1. The number of rotatable bonds is 4. The van der Waals surface area contributed by atoms with Crippen LogP contribution in [0, 0.1) is 17.7 Å². The van der Waals surface area contributed by atoms with Gasteiger partial charge in [-0.05, 0) is 36.5 Å². The summed E-state index contributed by atoms with van der Waals surface area (Å²) in [6.45, 7) is 6.09. The molecule has 1 atom stereocenters. The van der Waals surface area contributed by atoms with Crippen molar-refractivity contribution in [2.45, 2.75) is 38.9 Å². The van der Waals surface area contributed by atoms with E-state index in [9.17, 15) is 14.0 Å². The fraction of sp³-hybridized carbons (Fsp3) is 0.545. The number of carbonyl (C=O) groups excluding carboxylic acids is 2. The second kappa shape index (κ2) is 8.03. The van der Waals surface area contributed by atoms with E-state index in [4.69, 9.17) is 0 Å². The standard InChI is InChI=1S/C22H27FN6O2/c1-14-10-16(11-14)22(31)28-7-6-27-8-9-29-19(18(27)13-28)25-26-20(29)21(30)24-12-15-2-4-17(23)5-3-15/h2-5,14,16,18H,6-13H2,1H3,(H,24,30)/t14?,16?,18-/m0/s1. The number of benzene rings is 1. The van der Waals surface area contributed by atoms with Crippen molar-refractivity contribution in [3.63, 3.8) is 0 Å². The van der Waals surface area contributed by atoms with E-state index >= 15 is 0 Å². The number of aromatic nitrogens is 3. The number of piperazine rings is 1. The van der Waals surface area contributed by atoms with Gasteiger partial charge in [0.05, 0.1) is 6.04 Å². The van der Waals surface area contributed by atoms with E-state index < -0.39 is 0 Å². The molecule has 2 aromatic rings. The number of fused-ring (bicyclic) bond motifs is 3. The van der Waals surface area contributed by atoms with Crippen LogP contribution in [-0.4, -0.2) is 62.6 Å². The van der Waals surface area contributed by atoms with Gasteiger partial charge in [-0.3, -0.25) is 14.5 Å². The molecular weight excluding hydrogens is 399 g/mol. The summed E-state index contributed by atoms with van der Waals surface area (Å²) in [5.41, 5.74) is 0.811. The van der Waals surface area contributed by atoms with Crippen LogP contribution in [0.5, 0.6) is 0 Å². The van der Waals surface area contributed by atoms with Gasteiger partial charge in [0.1, 0.15) is 5.82 Å². The van der Waals surface area contributed by atoms with E-state index in [0.717, 1.165) is 43.9 Å². The molecule has 0 unspecified atom stereocenters. The van der Waals surface area contributed by atoms with Gasteiger partial charge in [0.25, 0.3) is 5.91 Å². The van der Waals surface area contributed by atoms with Gasteiger partial charge in [0.15, 0.2) is 5.82 Å². The number of carbonyl (C=O) groups is 2. The van der Waals surface area contributed by atoms with Crippen LogP contribution in [0.2, 0.25) is 0 Å². The highest BCUT2D eigenvalue weighted by Gasteiger charge is 2.41. The van der Waals surface area contributed by atoms with Gasteiger partial charge < -0.3 is 14.8 Å². The summed E-state index contributed by atoms with van der Waals surface area (Å²) in [6.07, 6.45) is 1.97. The van der Waals surface area contributed by atoms with E-state index in [0.29, 0.717) is 25.6 Å². The van der Waals surface area contributed by atoms with Crippen molar-refractivity contribution < 1.29 is 14.0 Å². The Morgan fingerprint density at radius 3 is 2.58 bits per heavy atom. The van der Waals surface area contributed by atoms with Crippen LogP contribution < -0.4 is 5.32 Å². The topological polar surface area (TPSA) is 83.4 Å². The third-order valence-corrected chi connectivity index (χ3v) is 6.78. The van der Waals surface area contributed by atoms with Crippen LogP contribution in [0.4, 0.5) is 4.39 Å². The van der Waals surface area contributed by atoms with Crippen molar-refractivity contribution in [1.82, 2.24) is 29.9 Å². The molecule has 3 aliphatic rings. The highest BCUT2D eigenvalue weighted by Crippen LogP contribution is 2.36. The summed E-state index contributed by atoms with van der Waals surface area (Å²) >= 11 is 0. The Hall–Kier alpha value is -2.81. The average Bonchev–Trinajstić information content (AvgIpc) is 3.20. The molecule has 1 saturated heterocycles. The molecule has 0 spiro atoms. The number of hydrogen-bond acceptors (Lipinski definition) is 5. The van der Waals surface area contributed by atoms with Crippen LogP contribution in [0.1, 0.15) is 47.8 Å². The molecule has 0 radical (unpaired) electrons. The van der Waals surface area contributed by atoms with Crippen molar-refractivity contribution in [2.24, 2.45) is 11.8 Å². The Balaban J connectivity index is 1.27. The Labute approximate surface area is 180 Å². The lowest BCUT2D eigenvalue weighted by atomic mass is 9.75. The smallest absolute Gasteiger partial charge is 0.289 e. The zero-order valence-corrected chi connectivity index (χ0v) is 17.6. The minimum absolute atomic E-state index is 0.0323. The maximum atomic E-state index is 13.1. The first-order valence-electron chi connectivity index (χ1n) is 11.0. The van der Waals surface area contributed by atoms with Crippen LogP contribution in [0.25, 0.3) is 0 Å². The molecule has 1 aromatic carbocycles. The fourth-order valence-corrected chi connectivity index (χ4v) is 4.94. The van der Waals surface area contributed by atoms with Gasteiger partial charge >= 0.3 is 0 Å². The highest BCUT2D eigenvalue weighted by atomic mass is 19.1. The summed E-state index contributed by atoms with van der Waals surface area (Å²) < 4.78 is 14.9. The monoisotopic (exact) mass is 426 g/mol. The van der Waals surface area contributed by atoms with E-state index in [1.54, 1.807) is 12.1 Å². The molecule has 3 heterocycles. The predicted octanol–water partition coefficient (Wildman–Crippen LogP) is 1.59. The molecule has 0 bridgehead atoms. The summed E-state index contributed by atoms with van der Waals surface area (Å²) in [7, 11) is 0. The lowest BCUT2D eigenvalue weighted by Crippen LogP contribution is -2.55. The average molecular weight is 426 g/mol. The van der Waals surface area contributed by atoms with E-state index in [-0.39, 0.29) is 35.4 Å². The van der Waals surface area contributed by atoms with Gasteiger partial charge in [-0.2, -0.15) is 0 Å². The quantitative estimate of drug-likeness (QED) is 0.803. The maximum Gasteiger partial charge on any atom is 0.289 e. The van der Waals surface area contributed by atoms with Gasteiger partial charge in [-0.1, -0.05) is 19.1 Å². The number of nitrogens with one attached hydrogen (secondary N) is 1. The first-order chi connectivity index (χ1) is 15.0. The minimum atomic E-state index is -0.307. The lowest BCUT2D eigenvalue weighted by molar-refractivity contribution is -0.143. The third kappa shape index (κ3) is 3.82. The van der Waals surface area contributed by atoms with Gasteiger partial charge in [-0.25, -0.2) is 4.39 Å². The third-order valence-electron chi connectivity index (χ3n) is 6.78. The molecule has 2 aliphatic heterocycles. The SMILES string of the molecule is CC1CC(C(=O)N2CCN3CCn4c(C(=O)NCc5ccc(F)cc5)nnc4[C@@H]3C2)C1. The molecular formula is C22H27FN6O2. The molecule has 1 aromatic heterocycles. The lowest BCUT2D eigenvalue weighted by Gasteiger charge is -2.45. The second-order valence-electron chi connectivity index (χ2n) is 8.95. The van der Waals surface area contributed by atoms with Crippen molar-refractivity contribution >= 4 is 11.8 Å². The Morgan fingerprint density at radius 1 is 1.10 bits per heavy atom. The molecule has 5 rings (SSSR count). The zero-order chi connectivity index (χ0) is 21.5. The molecule has 1 saturated carbocycles. The van der Waals surface area contributed by atoms with Crippen LogP contribution in [0.15, 0.2) is 24.3 Å². The molecule has 1 N–H and O–H groups in total. The van der Waals surface area contributed by atoms with E-state index in [1.807, 2.05) is 9.47 Å². The van der Waals surface area contributed by atoms with Gasteiger partial charge in [-0.15, -0.1) is 10.2 Å².